The van der Waals surface area contributed by atoms with Crippen LogP contribution in [0.25, 0.3) is 0 Å². The third-order valence-corrected chi connectivity index (χ3v) is 8.02. The van der Waals surface area contributed by atoms with Crippen LogP contribution in [0, 0.1) is 5.92 Å². The second-order valence-electron chi connectivity index (χ2n) is 11.3. The summed E-state index contributed by atoms with van der Waals surface area (Å²) in [6, 6.07) is -3.21. The molecule has 4 rings (SSSR count). The van der Waals surface area contributed by atoms with E-state index in [2.05, 4.69) is 15.6 Å². The molecule has 15 atom stereocenters. The molecule has 18 nitrogen and oxygen atoms in total. The van der Waals surface area contributed by atoms with Gasteiger partial charge in [-0.25, -0.2) is 4.99 Å². The highest BCUT2D eigenvalue weighted by molar-refractivity contribution is 5.76. The van der Waals surface area contributed by atoms with Crippen LogP contribution < -0.4 is 10.6 Å². The molecule has 9 N–H and O–H groups in total. The van der Waals surface area contributed by atoms with E-state index in [-0.39, 0.29) is 6.02 Å². The van der Waals surface area contributed by atoms with Crippen LogP contribution in [0.2, 0.25) is 0 Å². The van der Waals surface area contributed by atoms with Gasteiger partial charge < -0.3 is 75.0 Å². The lowest BCUT2D eigenvalue weighted by Gasteiger charge is -2.48. The fourth-order valence-electron chi connectivity index (χ4n) is 5.91. The number of aliphatic imine (C=N–C) groups is 1. The lowest BCUT2D eigenvalue weighted by molar-refractivity contribution is -0.339. The van der Waals surface area contributed by atoms with Crippen molar-refractivity contribution in [2.24, 2.45) is 10.9 Å². The van der Waals surface area contributed by atoms with Gasteiger partial charge in [0.1, 0.15) is 67.0 Å². The summed E-state index contributed by atoms with van der Waals surface area (Å²) < 4.78 is 29.3. The average molecular weight is 623 g/mol. The van der Waals surface area contributed by atoms with Gasteiger partial charge in [0, 0.05) is 27.9 Å². The molecule has 0 aromatic carbocycles. The molecule has 3 aliphatic heterocycles. The van der Waals surface area contributed by atoms with Gasteiger partial charge in [-0.3, -0.25) is 9.59 Å². The van der Waals surface area contributed by atoms with Crippen molar-refractivity contribution in [3.8, 4) is 0 Å². The van der Waals surface area contributed by atoms with Crippen molar-refractivity contribution in [2.45, 2.75) is 99.5 Å². The van der Waals surface area contributed by atoms with Crippen LogP contribution in [0.1, 0.15) is 13.8 Å². The van der Waals surface area contributed by atoms with Gasteiger partial charge in [-0.1, -0.05) is 0 Å². The second-order valence-corrected chi connectivity index (χ2v) is 11.3. The van der Waals surface area contributed by atoms with E-state index in [0.717, 1.165) is 6.92 Å². The maximum absolute atomic E-state index is 12.2. The number of hydrogen-bond acceptors (Lipinski definition) is 16. The lowest BCUT2D eigenvalue weighted by Crippen LogP contribution is -2.69. The Morgan fingerprint density at radius 3 is 1.84 bits per heavy atom. The Labute approximate surface area is 247 Å². The molecular weight excluding hydrogens is 580 g/mol. The number of amides is 2. The number of carbonyl (C=O) groups is 2. The molecule has 18 heteroatoms. The van der Waals surface area contributed by atoms with E-state index < -0.39 is 123 Å². The quantitative estimate of drug-likeness (QED) is 0.116. The first-order valence-electron chi connectivity index (χ1n) is 14.0. The maximum atomic E-state index is 12.2. The monoisotopic (exact) mass is 622 g/mol. The SMILES string of the molecule is CC(=O)N[C@@H]1[C@@H](O[C@@H]2[C@@H](O)[C@H](NC(C)=O)[C@@H](O[C@@H]3[C@@H](O)[C@H]4N=C(N(C)C)O[C@H]4[C@@H]3CO)O[C@H]2CO)O[C@@H](CO)[C@H](O)[C@H]1O. The number of aliphatic hydroxyl groups is 7. The van der Waals surface area contributed by atoms with E-state index in [4.69, 9.17) is 23.7 Å². The summed E-state index contributed by atoms with van der Waals surface area (Å²) in [5.41, 5.74) is 0. The van der Waals surface area contributed by atoms with Gasteiger partial charge >= 0.3 is 0 Å². The number of rotatable bonds is 9. The number of carbonyl (C=O) groups excluding carboxylic acids is 2. The number of nitrogens with zero attached hydrogens (tertiary/aromatic N) is 2. The second kappa shape index (κ2) is 13.8. The number of fused-ring (bicyclic) bond motifs is 1. The summed E-state index contributed by atoms with van der Waals surface area (Å²) in [5, 5.41) is 78.3. The number of hydrogen-bond donors (Lipinski definition) is 9. The standard InChI is InChI=1S/C25H42N4O14/c1-8(33)26-14-17(36)16(35)11(6-31)39-23(14)42-22-12(7-32)40-24(15(19(22)38)27-9(2)34)41-21-10(5-30)20-13(18(21)37)28-25(43-20)29(3)4/h10-24,30-32,35-38H,5-7H2,1-4H3,(H,26,33)(H,27,34)/t10-,11-,12-,13+,14-,15-,16-,17-,18-,19-,20-,21-,22-,23+,24+/m0/s1. The van der Waals surface area contributed by atoms with Crippen LogP contribution >= 0.6 is 0 Å². The summed E-state index contributed by atoms with van der Waals surface area (Å²) >= 11 is 0. The smallest absolute Gasteiger partial charge is 0.287 e. The van der Waals surface area contributed by atoms with E-state index >= 15 is 0 Å². The molecule has 3 heterocycles. The summed E-state index contributed by atoms with van der Waals surface area (Å²) in [4.78, 5) is 30.0. The van der Waals surface area contributed by atoms with Crippen molar-refractivity contribution in [1.29, 1.82) is 0 Å². The van der Waals surface area contributed by atoms with Gasteiger partial charge in [0.05, 0.1) is 31.8 Å². The van der Waals surface area contributed by atoms with Crippen molar-refractivity contribution in [1.82, 2.24) is 15.5 Å². The molecule has 1 aliphatic carbocycles. The number of aliphatic hydroxyl groups excluding tert-OH is 7. The van der Waals surface area contributed by atoms with Crippen LogP contribution in [0.3, 0.4) is 0 Å². The highest BCUT2D eigenvalue weighted by Gasteiger charge is 2.58. The van der Waals surface area contributed by atoms with Crippen LogP contribution in [-0.2, 0) is 33.3 Å². The van der Waals surface area contributed by atoms with E-state index in [1.54, 1.807) is 19.0 Å². The molecule has 246 valence electrons. The van der Waals surface area contributed by atoms with E-state index in [9.17, 15) is 45.3 Å². The predicted molar refractivity (Wildman–Crippen MR) is 141 cm³/mol. The number of nitrogens with one attached hydrogen (secondary N) is 2. The predicted octanol–water partition coefficient (Wildman–Crippen LogP) is -6.05. The zero-order chi connectivity index (χ0) is 31.7. The van der Waals surface area contributed by atoms with Gasteiger partial charge in [0.25, 0.3) is 6.02 Å². The minimum absolute atomic E-state index is 0.273. The molecular formula is C25H42N4O14. The van der Waals surface area contributed by atoms with Crippen molar-refractivity contribution in [3.63, 3.8) is 0 Å². The highest BCUT2D eigenvalue weighted by atomic mass is 16.7. The van der Waals surface area contributed by atoms with Gasteiger partial charge in [-0.15, -0.1) is 0 Å². The molecule has 0 radical (unpaired) electrons. The zero-order valence-electron chi connectivity index (χ0n) is 24.2. The average Bonchev–Trinajstić information content (AvgIpc) is 3.49. The van der Waals surface area contributed by atoms with E-state index in [1.807, 2.05) is 0 Å². The fourth-order valence-corrected chi connectivity index (χ4v) is 5.91. The molecule has 43 heavy (non-hydrogen) atoms. The van der Waals surface area contributed by atoms with Crippen molar-refractivity contribution in [3.05, 3.63) is 0 Å². The third kappa shape index (κ3) is 6.74. The first kappa shape index (κ1) is 33.7. The normalized spacial score (nSPS) is 44.3. The number of ether oxygens (including phenoxy) is 5. The van der Waals surface area contributed by atoms with Crippen molar-refractivity contribution >= 4 is 17.8 Å². The maximum Gasteiger partial charge on any atom is 0.287 e. The molecule has 0 unspecified atom stereocenters. The Morgan fingerprint density at radius 2 is 1.33 bits per heavy atom. The van der Waals surface area contributed by atoms with Gasteiger partial charge in [0.15, 0.2) is 12.6 Å². The van der Waals surface area contributed by atoms with Gasteiger partial charge in [0.2, 0.25) is 11.8 Å². The Bertz CT molecular complexity index is 1020. The fraction of sp³-hybridized carbons (Fsp3) is 0.880. The van der Waals surface area contributed by atoms with Crippen LogP contribution in [0.15, 0.2) is 4.99 Å². The molecule has 0 aromatic heterocycles. The van der Waals surface area contributed by atoms with Crippen molar-refractivity contribution in [2.75, 3.05) is 33.9 Å². The largest absolute Gasteiger partial charge is 0.459 e. The summed E-state index contributed by atoms with van der Waals surface area (Å²) in [6.45, 7) is 0.403. The molecule has 0 spiro atoms. The lowest BCUT2D eigenvalue weighted by atomic mass is 9.94. The summed E-state index contributed by atoms with van der Waals surface area (Å²) in [5.74, 6) is -1.99. The first-order chi connectivity index (χ1) is 20.3. The summed E-state index contributed by atoms with van der Waals surface area (Å²) in [7, 11) is 3.42. The Kier molecular flexibility index (Phi) is 10.8. The highest BCUT2D eigenvalue weighted by Crippen LogP contribution is 2.39. The third-order valence-electron chi connectivity index (χ3n) is 8.02. The van der Waals surface area contributed by atoms with Gasteiger partial charge in [-0.2, -0.15) is 0 Å². The molecule has 3 fully saturated rings. The minimum atomic E-state index is -1.67. The molecule has 1 saturated carbocycles. The van der Waals surface area contributed by atoms with E-state index in [0.29, 0.717) is 0 Å². The van der Waals surface area contributed by atoms with Crippen LogP contribution in [-0.4, -0.2) is 178 Å². The molecule has 4 aliphatic rings. The Morgan fingerprint density at radius 1 is 0.791 bits per heavy atom. The van der Waals surface area contributed by atoms with Crippen LogP contribution in [0.4, 0.5) is 0 Å². The van der Waals surface area contributed by atoms with Crippen molar-refractivity contribution < 1.29 is 69.0 Å². The first-order valence-corrected chi connectivity index (χ1v) is 14.0. The molecule has 2 saturated heterocycles. The number of amidine groups is 1. The zero-order valence-corrected chi connectivity index (χ0v) is 24.2. The van der Waals surface area contributed by atoms with Crippen LogP contribution in [0.5, 0.6) is 0 Å². The molecule has 0 aromatic rings. The molecule has 2 amide bonds. The summed E-state index contributed by atoms with van der Waals surface area (Å²) in [6.07, 6.45) is -15.2. The Balaban J connectivity index is 1.57. The molecule has 0 bridgehead atoms. The van der Waals surface area contributed by atoms with Gasteiger partial charge in [-0.05, 0) is 0 Å². The Hall–Kier alpha value is -2.23. The topological polar surface area (TPSA) is 262 Å². The van der Waals surface area contributed by atoms with E-state index in [1.165, 1.54) is 6.92 Å². The minimum Gasteiger partial charge on any atom is -0.459 e.